The van der Waals surface area contributed by atoms with Crippen LogP contribution in [0.2, 0.25) is 0 Å². The van der Waals surface area contributed by atoms with Gasteiger partial charge < -0.3 is 30.4 Å². The molecule has 0 radical (unpaired) electrons. The predicted octanol–water partition coefficient (Wildman–Crippen LogP) is 5.67. The molecule has 8 atom stereocenters. The van der Waals surface area contributed by atoms with Gasteiger partial charge in [-0.05, 0) is 71.3 Å². The fourth-order valence-corrected chi connectivity index (χ4v) is 9.43. The number of nitrogens with zero attached hydrogens (tertiary/aromatic N) is 1. The van der Waals surface area contributed by atoms with Crippen molar-refractivity contribution < 1.29 is 33.5 Å². The maximum absolute atomic E-state index is 14.0. The number of unbranched alkanes of at least 4 members (excludes halogenated alkanes) is 11. The van der Waals surface area contributed by atoms with E-state index in [-0.39, 0.29) is 36.0 Å². The number of esters is 1. The van der Waals surface area contributed by atoms with Crippen molar-refractivity contribution in [2.75, 3.05) is 19.7 Å². The Morgan fingerprint density at radius 3 is 2.38 bits per heavy atom. The summed E-state index contributed by atoms with van der Waals surface area (Å²) in [6.07, 6.45) is 27.4. The minimum absolute atomic E-state index is 0.0625. The summed E-state index contributed by atoms with van der Waals surface area (Å²) in [6, 6.07) is 0.392. The maximum atomic E-state index is 14.0. The third-order valence-corrected chi connectivity index (χ3v) is 12.2. The molecule has 0 saturated carbocycles. The van der Waals surface area contributed by atoms with E-state index in [0.29, 0.717) is 32.2 Å². The molecule has 11 nitrogen and oxygen atoms in total. The summed E-state index contributed by atoms with van der Waals surface area (Å²) in [4.78, 5) is 25.8. The maximum Gasteiger partial charge on any atom is 0.350 e. The summed E-state index contributed by atoms with van der Waals surface area (Å²) < 4.78 is 22.1. The molecule has 5 aliphatic rings. The van der Waals surface area contributed by atoms with Gasteiger partial charge in [-0.15, -0.1) is 0 Å². The first-order valence-corrected chi connectivity index (χ1v) is 21.4. The standard InChI is InChI=1S/C41H71N5O6/c1-3-33-21-15-16-25-40(52-33)30-32-23-24-34-36(41(26-18-20-31(2)51-41)45-39(44-40)46(32)34)38(49)50-29-17-13-11-9-7-5-4-6-8-10-12-14-22-35(47)37(48)43-28-19-27-42/h15,21,31-36,47H,3-14,16-20,22-30,42H2,1-2H3,(H2,43,44,45,48)/p+1/t31-,32+,33+,34-,35?,36-,40+,41-/m0/s1. The molecule has 2 fully saturated rings. The van der Waals surface area contributed by atoms with Gasteiger partial charge in [0.05, 0.1) is 30.9 Å². The lowest BCUT2D eigenvalue weighted by molar-refractivity contribution is -0.609. The molecule has 0 aromatic carbocycles. The van der Waals surface area contributed by atoms with Crippen molar-refractivity contribution in [1.82, 2.24) is 16.0 Å². The van der Waals surface area contributed by atoms with Crippen molar-refractivity contribution in [3.8, 4) is 0 Å². The van der Waals surface area contributed by atoms with Crippen LogP contribution in [0.3, 0.4) is 0 Å². The predicted molar refractivity (Wildman–Crippen MR) is 204 cm³/mol. The molecule has 1 amide bonds. The molecule has 0 bridgehead atoms. The molecule has 11 heteroatoms. The highest BCUT2D eigenvalue weighted by molar-refractivity contribution is 5.82. The Kier molecular flexibility index (Phi) is 16.1. The Bertz CT molecular complexity index is 1200. The topological polar surface area (TPSA) is 147 Å². The molecule has 0 aromatic heterocycles. The van der Waals surface area contributed by atoms with E-state index < -0.39 is 17.6 Å². The third kappa shape index (κ3) is 10.9. The van der Waals surface area contributed by atoms with Crippen molar-refractivity contribution in [1.29, 1.82) is 0 Å². The molecular formula is C41H72N5O6+. The van der Waals surface area contributed by atoms with Gasteiger partial charge in [-0.25, -0.2) is 10.6 Å². The van der Waals surface area contributed by atoms with Crippen molar-refractivity contribution >= 4 is 17.8 Å². The van der Waals surface area contributed by atoms with E-state index >= 15 is 0 Å². The number of guanidine groups is 1. The van der Waals surface area contributed by atoms with Crippen LogP contribution >= 0.6 is 0 Å². The third-order valence-electron chi connectivity index (χ3n) is 12.2. The second kappa shape index (κ2) is 20.5. The van der Waals surface area contributed by atoms with E-state index in [1.165, 1.54) is 44.9 Å². The highest BCUT2D eigenvalue weighted by Gasteiger charge is 2.64. The number of nitrogens with one attached hydrogen (secondary N) is 3. The zero-order valence-corrected chi connectivity index (χ0v) is 32.5. The molecule has 2 saturated heterocycles. The lowest BCUT2D eigenvalue weighted by Gasteiger charge is -2.50. The van der Waals surface area contributed by atoms with Gasteiger partial charge in [0.2, 0.25) is 11.6 Å². The number of carbonyl (C=O) groups excluding carboxylic acids is 2. The van der Waals surface area contributed by atoms with Crippen LogP contribution in [0.5, 0.6) is 0 Å². The van der Waals surface area contributed by atoms with Crippen molar-refractivity contribution in [3.63, 3.8) is 0 Å². The summed E-state index contributed by atoms with van der Waals surface area (Å²) in [5.41, 5.74) is 4.27. The molecule has 2 spiro atoms. The van der Waals surface area contributed by atoms with Crippen LogP contribution < -0.4 is 21.7 Å². The van der Waals surface area contributed by atoms with Crippen LogP contribution in [0.15, 0.2) is 12.2 Å². The first-order chi connectivity index (χ1) is 25.3. The van der Waals surface area contributed by atoms with E-state index in [1.807, 2.05) is 0 Å². The summed E-state index contributed by atoms with van der Waals surface area (Å²) in [5.74, 6) is 0.254. The number of ether oxygens (including phenoxy) is 3. The number of allylic oxidation sites excluding steroid dienone is 1. The van der Waals surface area contributed by atoms with E-state index in [2.05, 4.69) is 46.5 Å². The molecule has 52 heavy (non-hydrogen) atoms. The molecule has 5 rings (SSSR count). The first kappa shape index (κ1) is 41.0. The minimum atomic E-state index is -0.900. The molecule has 5 aliphatic heterocycles. The number of nitrogens with two attached hydrogens (primary N) is 1. The number of aliphatic hydroxyl groups is 1. The Balaban J connectivity index is 0.980. The summed E-state index contributed by atoms with van der Waals surface area (Å²) >= 11 is 0. The van der Waals surface area contributed by atoms with Gasteiger partial charge in [0.1, 0.15) is 6.10 Å². The van der Waals surface area contributed by atoms with Gasteiger partial charge in [0.25, 0.3) is 0 Å². The summed E-state index contributed by atoms with van der Waals surface area (Å²) in [7, 11) is 0. The molecule has 5 heterocycles. The van der Waals surface area contributed by atoms with Gasteiger partial charge in [-0.1, -0.05) is 89.7 Å². The van der Waals surface area contributed by atoms with Crippen LogP contribution in [-0.2, 0) is 23.8 Å². The van der Waals surface area contributed by atoms with Crippen LogP contribution in [0.25, 0.3) is 0 Å². The monoisotopic (exact) mass is 731 g/mol. The van der Waals surface area contributed by atoms with Gasteiger partial charge in [0.15, 0.2) is 11.6 Å². The van der Waals surface area contributed by atoms with E-state index in [0.717, 1.165) is 102 Å². The van der Waals surface area contributed by atoms with E-state index in [9.17, 15) is 14.7 Å². The zero-order chi connectivity index (χ0) is 36.8. The average Bonchev–Trinajstić information content (AvgIpc) is 3.43. The van der Waals surface area contributed by atoms with E-state index in [1.54, 1.807) is 0 Å². The second-order valence-corrected chi connectivity index (χ2v) is 16.4. The quantitative estimate of drug-likeness (QED) is 0.0437. The van der Waals surface area contributed by atoms with Gasteiger partial charge in [-0.3, -0.25) is 14.2 Å². The highest BCUT2D eigenvalue weighted by atomic mass is 16.6. The Hall–Kier alpha value is -2.21. The Morgan fingerprint density at radius 1 is 0.981 bits per heavy atom. The average molecular weight is 731 g/mol. The van der Waals surface area contributed by atoms with Gasteiger partial charge in [-0.2, -0.15) is 0 Å². The fourth-order valence-electron chi connectivity index (χ4n) is 9.43. The largest absolute Gasteiger partial charge is 0.465 e. The minimum Gasteiger partial charge on any atom is -0.465 e. The molecule has 296 valence electrons. The molecular weight excluding hydrogens is 658 g/mol. The first-order valence-electron chi connectivity index (χ1n) is 21.4. The molecule has 0 aromatic rings. The number of hydrogen-bond acceptors (Lipinski definition) is 9. The number of amides is 1. The fraction of sp³-hybridized carbons (Fsp3) is 0.878. The zero-order valence-electron chi connectivity index (χ0n) is 32.5. The second-order valence-electron chi connectivity index (χ2n) is 16.4. The lowest BCUT2D eigenvalue weighted by Crippen LogP contribution is -2.76. The van der Waals surface area contributed by atoms with E-state index in [4.69, 9.17) is 19.9 Å². The van der Waals surface area contributed by atoms with Crippen LogP contribution in [0.4, 0.5) is 0 Å². The summed E-state index contributed by atoms with van der Waals surface area (Å²) in [6.45, 7) is 5.87. The normalized spacial score (nSPS) is 31.5. The van der Waals surface area contributed by atoms with Crippen LogP contribution in [0, 0.1) is 5.92 Å². The molecule has 1 unspecified atom stereocenters. The number of hydrogen-bond donors (Lipinski definition) is 5. The smallest absolute Gasteiger partial charge is 0.350 e. The van der Waals surface area contributed by atoms with Gasteiger partial charge in [0, 0.05) is 25.8 Å². The van der Waals surface area contributed by atoms with Crippen molar-refractivity contribution in [2.24, 2.45) is 11.7 Å². The lowest BCUT2D eigenvalue weighted by atomic mass is 9.80. The number of rotatable bonds is 21. The molecule has 6 N–H and O–H groups in total. The van der Waals surface area contributed by atoms with Gasteiger partial charge >= 0.3 is 11.9 Å². The molecule has 0 aliphatic carbocycles. The Labute approximate surface area is 313 Å². The Morgan fingerprint density at radius 2 is 1.69 bits per heavy atom. The SMILES string of the molecule is CC[C@@H]1C=CCC[C@]2(C[C@H]3CC[C@H]4[C@@H](C(=O)OCCCCCCCCCCCCCCC(O)C(=O)NCCCN)[C@@]5(CCC[C@H](C)O5)NC(=[N+]34)N2)O1. The van der Waals surface area contributed by atoms with Crippen LogP contribution in [-0.4, -0.2) is 89.1 Å². The van der Waals surface area contributed by atoms with Crippen molar-refractivity contribution in [2.45, 2.75) is 203 Å². The summed E-state index contributed by atoms with van der Waals surface area (Å²) in [5, 5.41) is 20.4. The number of aliphatic hydroxyl groups excluding tert-OH is 1. The van der Waals surface area contributed by atoms with Crippen molar-refractivity contribution in [3.05, 3.63) is 12.2 Å². The van der Waals surface area contributed by atoms with Crippen LogP contribution in [0.1, 0.15) is 162 Å². The highest BCUT2D eigenvalue weighted by Crippen LogP contribution is 2.45. The number of carbonyl (C=O) groups is 2.